The minimum Gasteiger partial charge on any atom is -0.228 e. The maximum atomic E-state index is 6.33. The Morgan fingerprint density at radius 3 is 2.65 bits per heavy atom. The summed E-state index contributed by atoms with van der Waals surface area (Å²) in [5.41, 5.74) is 2.57. The summed E-state index contributed by atoms with van der Waals surface area (Å²) in [5.74, 6) is 0.540. The monoisotopic (exact) mass is 366 g/mol. The SMILES string of the molecule is Cc1cccc(-c2nc(Cl)c3cc(Br)ccc3n2)c1Cl. The fraction of sp³-hybridized carbons (Fsp3) is 0.0667. The van der Waals surface area contributed by atoms with Gasteiger partial charge in [-0.15, -0.1) is 0 Å². The van der Waals surface area contributed by atoms with Crippen molar-refractivity contribution < 1.29 is 0 Å². The van der Waals surface area contributed by atoms with Crippen molar-refractivity contribution in [2.75, 3.05) is 0 Å². The van der Waals surface area contributed by atoms with Crippen molar-refractivity contribution in [3.05, 3.63) is 56.6 Å². The fourth-order valence-electron chi connectivity index (χ4n) is 2.00. The summed E-state index contributed by atoms with van der Waals surface area (Å²) in [4.78, 5) is 8.91. The molecule has 5 heteroatoms. The second kappa shape index (κ2) is 5.32. The summed E-state index contributed by atoms with van der Waals surface area (Å²) in [5, 5.41) is 1.89. The highest BCUT2D eigenvalue weighted by molar-refractivity contribution is 9.10. The van der Waals surface area contributed by atoms with Crippen LogP contribution < -0.4 is 0 Å². The summed E-state index contributed by atoms with van der Waals surface area (Å²) in [6.07, 6.45) is 0. The largest absolute Gasteiger partial charge is 0.228 e. The molecule has 2 aromatic carbocycles. The van der Waals surface area contributed by atoms with Gasteiger partial charge in [0.15, 0.2) is 5.82 Å². The van der Waals surface area contributed by atoms with E-state index in [9.17, 15) is 0 Å². The Labute approximate surface area is 134 Å². The van der Waals surface area contributed by atoms with Gasteiger partial charge >= 0.3 is 0 Å². The van der Waals surface area contributed by atoms with E-state index in [1.165, 1.54) is 0 Å². The van der Waals surface area contributed by atoms with E-state index in [1.54, 1.807) is 0 Å². The Morgan fingerprint density at radius 2 is 1.85 bits per heavy atom. The van der Waals surface area contributed by atoms with Crippen molar-refractivity contribution in [2.45, 2.75) is 6.92 Å². The third-order valence-electron chi connectivity index (χ3n) is 3.04. The second-order valence-corrected chi connectivity index (χ2v) is 6.09. The number of aromatic nitrogens is 2. The predicted octanol–water partition coefficient (Wildman–Crippen LogP) is 5.67. The first kappa shape index (κ1) is 13.8. The normalized spacial score (nSPS) is 11.0. The quantitative estimate of drug-likeness (QED) is 0.517. The van der Waals surface area contributed by atoms with Crippen LogP contribution in [-0.2, 0) is 0 Å². The molecular weight excluding hydrogens is 359 g/mol. The van der Waals surface area contributed by atoms with E-state index in [2.05, 4.69) is 25.9 Å². The molecule has 0 aliphatic rings. The molecule has 0 radical (unpaired) electrons. The molecule has 0 aliphatic carbocycles. The lowest BCUT2D eigenvalue weighted by Crippen LogP contribution is -1.93. The lowest BCUT2D eigenvalue weighted by molar-refractivity contribution is 1.22. The molecule has 0 N–H and O–H groups in total. The van der Waals surface area contributed by atoms with Crippen LogP contribution >= 0.6 is 39.1 Å². The van der Waals surface area contributed by atoms with Crippen LogP contribution in [0.15, 0.2) is 40.9 Å². The van der Waals surface area contributed by atoms with Gasteiger partial charge in [0.1, 0.15) is 5.15 Å². The lowest BCUT2D eigenvalue weighted by Gasteiger charge is -2.08. The Balaban J connectivity index is 2.28. The molecule has 0 bridgehead atoms. The Kier molecular flexibility index (Phi) is 3.67. The van der Waals surface area contributed by atoms with Crippen LogP contribution in [0.25, 0.3) is 22.3 Å². The van der Waals surface area contributed by atoms with Gasteiger partial charge in [0, 0.05) is 15.4 Å². The third kappa shape index (κ3) is 2.41. The Hall–Kier alpha value is -1.16. The maximum Gasteiger partial charge on any atom is 0.163 e. The first-order valence-electron chi connectivity index (χ1n) is 5.94. The van der Waals surface area contributed by atoms with Crippen LogP contribution in [0.3, 0.4) is 0 Å². The van der Waals surface area contributed by atoms with Crippen molar-refractivity contribution in [1.82, 2.24) is 9.97 Å². The van der Waals surface area contributed by atoms with Crippen LogP contribution in [0, 0.1) is 6.92 Å². The number of rotatable bonds is 1. The molecule has 0 atom stereocenters. The predicted molar refractivity (Wildman–Crippen MR) is 87.4 cm³/mol. The first-order valence-corrected chi connectivity index (χ1v) is 7.49. The van der Waals surface area contributed by atoms with Gasteiger partial charge in [-0.1, -0.05) is 51.3 Å². The molecule has 100 valence electrons. The molecule has 20 heavy (non-hydrogen) atoms. The highest BCUT2D eigenvalue weighted by Crippen LogP contribution is 2.31. The van der Waals surface area contributed by atoms with Gasteiger partial charge in [-0.2, -0.15) is 0 Å². The molecule has 3 rings (SSSR count). The van der Waals surface area contributed by atoms with Gasteiger partial charge < -0.3 is 0 Å². The van der Waals surface area contributed by atoms with E-state index in [4.69, 9.17) is 23.2 Å². The van der Waals surface area contributed by atoms with Crippen molar-refractivity contribution >= 4 is 50.0 Å². The molecule has 0 aliphatic heterocycles. The Morgan fingerprint density at radius 1 is 1.05 bits per heavy atom. The van der Waals surface area contributed by atoms with Crippen molar-refractivity contribution in [2.24, 2.45) is 0 Å². The van der Waals surface area contributed by atoms with E-state index in [0.717, 1.165) is 26.5 Å². The summed E-state index contributed by atoms with van der Waals surface area (Å²) in [6, 6.07) is 11.5. The zero-order valence-corrected chi connectivity index (χ0v) is 13.6. The maximum absolute atomic E-state index is 6.33. The molecule has 0 fully saturated rings. The van der Waals surface area contributed by atoms with Crippen LogP contribution in [0.2, 0.25) is 10.2 Å². The van der Waals surface area contributed by atoms with E-state index < -0.39 is 0 Å². The molecule has 2 nitrogen and oxygen atoms in total. The number of fused-ring (bicyclic) bond motifs is 1. The van der Waals surface area contributed by atoms with Crippen LogP contribution in [0.4, 0.5) is 0 Å². The summed E-state index contributed by atoms with van der Waals surface area (Å²) < 4.78 is 0.942. The highest BCUT2D eigenvalue weighted by Gasteiger charge is 2.12. The van der Waals surface area contributed by atoms with Gasteiger partial charge in [-0.3, -0.25) is 0 Å². The molecule has 0 saturated heterocycles. The molecule has 0 amide bonds. The molecule has 3 aromatic rings. The molecule has 0 spiro atoms. The average molecular weight is 368 g/mol. The molecule has 0 unspecified atom stereocenters. The first-order chi connectivity index (χ1) is 9.56. The van der Waals surface area contributed by atoms with Crippen molar-refractivity contribution in [3.63, 3.8) is 0 Å². The standard InChI is InChI=1S/C15H9BrCl2N2/c1-8-3-2-4-10(13(8)17)15-19-12-6-5-9(16)7-11(12)14(18)20-15/h2-7H,1H3. The van der Waals surface area contributed by atoms with Crippen molar-refractivity contribution in [3.8, 4) is 11.4 Å². The number of hydrogen-bond donors (Lipinski definition) is 0. The summed E-state index contributed by atoms with van der Waals surface area (Å²) >= 11 is 16.0. The van der Waals surface area contributed by atoms with E-state index >= 15 is 0 Å². The highest BCUT2D eigenvalue weighted by atomic mass is 79.9. The summed E-state index contributed by atoms with van der Waals surface area (Å²) in [7, 11) is 0. The van der Waals surface area contributed by atoms with Crippen LogP contribution in [0.1, 0.15) is 5.56 Å². The van der Waals surface area contributed by atoms with Crippen LogP contribution in [0.5, 0.6) is 0 Å². The van der Waals surface area contributed by atoms with Gasteiger partial charge in [0.05, 0.1) is 10.5 Å². The number of nitrogens with zero attached hydrogens (tertiary/aromatic N) is 2. The third-order valence-corrected chi connectivity index (χ3v) is 4.33. The van der Waals surface area contributed by atoms with Gasteiger partial charge in [0.2, 0.25) is 0 Å². The topological polar surface area (TPSA) is 25.8 Å². The molecular formula is C15H9BrCl2N2. The van der Waals surface area contributed by atoms with E-state index in [-0.39, 0.29) is 0 Å². The van der Waals surface area contributed by atoms with Gasteiger partial charge in [-0.25, -0.2) is 9.97 Å². The van der Waals surface area contributed by atoms with Gasteiger partial charge in [0.25, 0.3) is 0 Å². The second-order valence-electron chi connectivity index (χ2n) is 4.44. The van der Waals surface area contributed by atoms with Crippen LogP contribution in [-0.4, -0.2) is 9.97 Å². The minimum atomic E-state index is 0.420. The Bertz CT molecular complexity index is 818. The van der Waals surface area contributed by atoms with Gasteiger partial charge in [-0.05, 0) is 36.8 Å². The van der Waals surface area contributed by atoms with E-state index in [0.29, 0.717) is 16.0 Å². The zero-order valence-electron chi connectivity index (χ0n) is 10.5. The minimum absolute atomic E-state index is 0.420. The molecule has 1 heterocycles. The zero-order chi connectivity index (χ0) is 14.3. The smallest absolute Gasteiger partial charge is 0.163 e. The number of hydrogen-bond acceptors (Lipinski definition) is 2. The average Bonchev–Trinajstić information content (AvgIpc) is 2.42. The molecule has 0 saturated carbocycles. The lowest BCUT2D eigenvalue weighted by atomic mass is 10.1. The summed E-state index contributed by atoms with van der Waals surface area (Å²) in [6.45, 7) is 1.95. The number of halogens is 3. The van der Waals surface area contributed by atoms with E-state index in [1.807, 2.05) is 43.3 Å². The number of aryl methyl sites for hydroxylation is 1. The van der Waals surface area contributed by atoms with Crippen molar-refractivity contribution in [1.29, 1.82) is 0 Å². The fourth-order valence-corrected chi connectivity index (χ4v) is 2.81. The number of benzene rings is 2. The molecule has 1 aromatic heterocycles.